The molecule has 5 nitrogen and oxygen atoms in total. The number of hydrogen-bond donors (Lipinski definition) is 1. The predicted octanol–water partition coefficient (Wildman–Crippen LogP) is 5.66. The van der Waals surface area contributed by atoms with Crippen LogP contribution in [-0.2, 0) is 22.2 Å². The highest BCUT2D eigenvalue weighted by molar-refractivity contribution is 7.88. The molecule has 212 valence electrons. The maximum absolute atomic E-state index is 15.2. The molecule has 38 heavy (non-hydrogen) atoms. The minimum absolute atomic E-state index is 0.00182. The third kappa shape index (κ3) is 5.96. The van der Waals surface area contributed by atoms with Crippen molar-refractivity contribution in [2.45, 2.75) is 44.3 Å². The highest BCUT2D eigenvalue weighted by Crippen LogP contribution is 2.51. The van der Waals surface area contributed by atoms with Crippen LogP contribution in [0.25, 0.3) is 11.1 Å². The Bertz CT molecular complexity index is 1280. The molecule has 1 saturated heterocycles. The van der Waals surface area contributed by atoms with E-state index in [9.17, 15) is 39.9 Å². The van der Waals surface area contributed by atoms with Crippen LogP contribution in [-0.4, -0.2) is 67.5 Å². The first-order valence-corrected chi connectivity index (χ1v) is 13.7. The topological polar surface area (TPSA) is 60.9 Å². The van der Waals surface area contributed by atoms with E-state index in [1.54, 1.807) is 19.9 Å². The largest absolute Gasteiger partial charge is 0.430 e. The molecule has 1 heterocycles. The van der Waals surface area contributed by atoms with Crippen molar-refractivity contribution in [2.24, 2.45) is 0 Å². The zero-order valence-corrected chi connectivity index (χ0v) is 22.2. The molecule has 1 fully saturated rings. The molecule has 3 rings (SSSR count). The van der Waals surface area contributed by atoms with E-state index in [2.05, 4.69) is 0 Å². The number of piperazine rings is 1. The van der Waals surface area contributed by atoms with Crippen molar-refractivity contribution in [1.29, 1.82) is 0 Å². The summed E-state index contributed by atoms with van der Waals surface area (Å²) in [7, 11) is -3.34. The van der Waals surface area contributed by atoms with Crippen LogP contribution in [0.1, 0.15) is 36.5 Å². The smallest absolute Gasteiger partial charge is 0.369 e. The monoisotopic (exact) mass is 590 g/mol. The zero-order valence-electron chi connectivity index (χ0n) is 20.6. The number of hydrogen-bond acceptors (Lipinski definition) is 4. The average molecular weight is 591 g/mol. The van der Waals surface area contributed by atoms with Crippen LogP contribution in [0.4, 0.5) is 30.7 Å². The van der Waals surface area contributed by atoms with Crippen molar-refractivity contribution in [3.8, 4) is 11.1 Å². The van der Waals surface area contributed by atoms with E-state index in [1.165, 1.54) is 4.31 Å². The van der Waals surface area contributed by atoms with Gasteiger partial charge in [0.2, 0.25) is 10.0 Å². The number of rotatable bonds is 6. The predicted molar refractivity (Wildman–Crippen MR) is 129 cm³/mol. The first-order chi connectivity index (χ1) is 17.3. The highest BCUT2D eigenvalue weighted by Gasteiger charge is 2.71. The fraction of sp³-hybridized carbons (Fsp3) is 0.500. The summed E-state index contributed by atoms with van der Waals surface area (Å²) in [6.07, 6.45) is -11.0. The molecular formula is C24H26ClF7N2O3S. The lowest BCUT2D eigenvalue weighted by atomic mass is 9.87. The first kappa shape index (κ1) is 30.6. The fourth-order valence-electron chi connectivity index (χ4n) is 4.38. The lowest BCUT2D eigenvalue weighted by molar-refractivity contribution is -0.376. The van der Waals surface area contributed by atoms with Crippen LogP contribution in [0, 0.1) is 5.82 Å². The molecule has 2 aromatic rings. The van der Waals surface area contributed by atoms with Crippen molar-refractivity contribution in [3.05, 3.63) is 57.9 Å². The summed E-state index contributed by atoms with van der Waals surface area (Å²) in [5.74, 6) is -0.901. The summed E-state index contributed by atoms with van der Waals surface area (Å²) >= 11 is 6.11. The summed E-state index contributed by atoms with van der Waals surface area (Å²) in [6.45, 7) is 4.97. The van der Waals surface area contributed by atoms with Crippen molar-refractivity contribution >= 4 is 21.6 Å². The van der Waals surface area contributed by atoms with Gasteiger partial charge in [-0.1, -0.05) is 43.6 Å². The Morgan fingerprint density at radius 1 is 0.947 bits per heavy atom. The molecule has 1 aliphatic rings. The lowest BCUT2D eigenvalue weighted by Crippen LogP contribution is -2.53. The van der Waals surface area contributed by atoms with Gasteiger partial charge in [-0.3, -0.25) is 4.90 Å². The van der Waals surface area contributed by atoms with Gasteiger partial charge in [0.05, 0.1) is 6.26 Å². The molecule has 0 unspecified atom stereocenters. The molecule has 0 atom stereocenters. The molecule has 0 saturated carbocycles. The quantitative estimate of drug-likeness (QED) is 0.441. The Hall–Kier alpha value is -1.93. The van der Waals surface area contributed by atoms with E-state index in [1.807, 2.05) is 4.90 Å². The van der Waals surface area contributed by atoms with Gasteiger partial charge in [0, 0.05) is 54.4 Å². The van der Waals surface area contributed by atoms with Gasteiger partial charge in [-0.25, -0.2) is 12.8 Å². The van der Waals surface area contributed by atoms with Gasteiger partial charge in [0.15, 0.2) is 0 Å². The molecule has 0 spiro atoms. The molecule has 0 radical (unpaired) electrons. The number of benzene rings is 2. The third-order valence-corrected chi connectivity index (χ3v) is 8.15. The molecule has 0 amide bonds. The number of halogens is 8. The Kier molecular flexibility index (Phi) is 8.51. The third-order valence-electron chi connectivity index (χ3n) is 6.53. The van der Waals surface area contributed by atoms with E-state index in [0.29, 0.717) is 36.3 Å². The first-order valence-electron chi connectivity index (χ1n) is 11.4. The van der Waals surface area contributed by atoms with Gasteiger partial charge in [0.25, 0.3) is 5.60 Å². The molecular weight excluding hydrogens is 565 g/mol. The van der Waals surface area contributed by atoms with E-state index >= 15 is 4.39 Å². The van der Waals surface area contributed by atoms with Crippen LogP contribution in [0.3, 0.4) is 0 Å². The summed E-state index contributed by atoms with van der Waals surface area (Å²) in [5.41, 5.74) is -5.63. The summed E-state index contributed by atoms with van der Waals surface area (Å²) in [6, 6.07) is 4.43. The van der Waals surface area contributed by atoms with Crippen LogP contribution < -0.4 is 0 Å². The van der Waals surface area contributed by atoms with E-state index < -0.39 is 44.4 Å². The zero-order chi connectivity index (χ0) is 28.8. The molecule has 1 aliphatic heterocycles. The van der Waals surface area contributed by atoms with Gasteiger partial charge in [-0.05, 0) is 29.2 Å². The standard InChI is InChI=1S/C24H26ClF7N2O3S/c1-14(2)18-10-15(13-33-6-8-34(9-7-33)38(3,36)37)21(26)12-19(18)17-5-4-16(11-20(17)25)22(35,23(27,28)29)24(30,31)32/h4-5,10-12,14,35H,6-9,13H2,1-3H3. The second kappa shape index (κ2) is 10.6. The van der Waals surface area contributed by atoms with Crippen molar-refractivity contribution in [1.82, 2.24) is 9.21 Å². The molecule has 2 aromatic carbocycles. The summed E-state index contributed by atoms with van der Waals surface area (Å²) in [5, 5.41) is 9.14. The number of alkyl halides is 6. The highest BCUT2D eigenvalue weighted by atomic mass is 35.5. The summed E-state index contributed by atoms with van der Waals surface area (Å²) in [4.78, 5) is 1.88. The van der Waals surface area contributed by atoms with Crippen LogP contribution >= 0.6 is 11.6 Å². The molecule has 0 bridgehead atoms. The van der Waals surface area contributed by atoms with Crippen molar-refractivity contribution in [2.75, 3.05) is 32.4 Å². The van der Waals surface area contributed by atoms with Crippen molar-refractivity contribution in [3.63, 3.8) is 0 Å². The van der Waals surface area contributed by atoms with Crippen LogP contribution in [0.2, 0.25) is 5.02 Å². The van der Waals surface area contributed by atoms with Gasteiger partial charge in [0.1, 0.15) is 5.82 Å². The van der Waals surface area contributed by atoms with Crippen molar-refractivity contribution < 1.29 is 44.3 Å². The Morgan fingerprint density at radius 3 is 1.95 bits per heavy atom. The van der Waals surface area contributed by atoms with Gasteiger partial charge < -0.3 is 5.11 Å². The maximum Gasteiger partial charge on any atom is 0.430 e. The Labute approximate surface area is 220 Å². The minimum atomic E-state index is -6.07. The summed E-state index contributed by atoms with van der Waals surface area (Å²) < 4.78 is 120. The molecule has 1 N–H and O–H groups in total. The normalized spacial score (nSPS) is 16.9. The number of aliphatic hydroxyl groups is 1. The van der Waals surface area contributed by atoms with Gasteiger partial charge in [-0.2, -0.15) is 30.6 Å². The molecule has 14 heteroatoms. The van der Waals surface area contributed by atoms with E-state index in [0.717, 1.165) is 18.4 Å². The average Bonchev–Trinajstić information content (AvgIpc) is 2.77. The van der Waals surface area contributed by atoms with E-state index in [4.69, 9.17) is 11.6 Å². The van der Waals surface area contributed by atoms with Crippen LogP contribution in [0.15, 0.2) is 30.3 Å². The second-order valence-electron chi connectivity index (χ2n) is 9.52. The van der Waals surface area contributed by atoms with E-state index in [-0.39, 0.29) is 36.7 Å². The van der Waals surface area contributed by atoms with Gasteiger partial charge in [-0.15, -0.1) is 0 Å². The lowest BCUT2D eigenvalue weighted by Gasteiger charge is -2.33. The molecule has 0 aliphatic carbocycles. The number of nitrogens with zero attached hydrogens (tertiary/aromatic N) is 2. The SMILES string of the molecule is CC(C)c1cc(CN2CCN(S(C)(=O)=O)CC2)c(F)cc1-c1ccc(C(O)(C(F)(F)F)C(F)(F)F)cc1Cl. The maximum atomic E-state index is 15.2. The Morgan fingerprint density at radius 2 is 1.50 bits per heavy atom. The Balaban J connectivity index is 1.98. The molecule has 0 aromatic heterocycles. The number of sulfonamides is 1. The second-order valence-corrected chi connectivity index (χ2v) is 11.9. The van der Waals surface area contributed by atoms with Gasteiger partial charge >= 0.3 is 12.4 Å². The van der Waals surface area contributed by atoms with Crippen LogP contribution in [0.5, 0.6) is 0 Å². The fourth-order valence-corrected chi connectivity index (χ4v) is 5.48. The minimum Gasteiger partial charge on any atom is -0.369 e.